The maximum atomic E-state index is 10.5. The van der Waals surface area contributed by atoms with Crippen LogP contribution in [0.4, 0.5) is 4.79 Å². The van der Waals surface area contributed by atoms with E-state index in [9.17, 15) is 4.79 Å². The van der Waals surface area contributed by atoms with Gasteiger partial charge in [0.1, 0.15) is 0 Å². The van der Waals surface area contributed by atoms with Crippen LogP contribution in [0.15, 0.2) is 0 Å². The van der Waals surface area contributed by atoms with Gasteiger partial charge in [-0.05, 0) is 63.0 Å². The minimum absolute atomic E-state index is 0.101. The highest BCUT2D eigenvalue weighted by Gasteiger charge is 2.46. The summed E-state index contributed by atoms with van der Waals surface area (Å²) >= 11 is 0. The molecule has 0 atom stereocenters. The molecular formula is C20H34N4O3. The Bertz CT molecular complexity index is 648. The van der Waals surface area contributed by atoms with E-state index in [0.717, 1.165) is 50.9 Å². The Balaban J connectivity index is 1.51. The average molecular weight is 379 g/mol. The van der Waals surface area contributed by atoms with Gasteiger partial charge < -0.3 is 20.5 Å². The zero-order chi connectivity index (χ0) is 19.5. The second-order valence-corrected chi connectivity index (χ2v) is 9.03. The number of ether oxygens (including phenoxy) is 1. The molecule has 0 unspecified atom stereocenters. The molecular weight excluding hydrogens is 344 g/mol. The van der Waals surface area contributed by atoms with Crippen molar-refractivity contribution >= 4 is 6.09 Å². The van der Waals surface area contributed by atoms with Gasteiger partial charge >= 0.3 is 6.09 Å². The van der Waals surface area contributed by atoms with Crippen molar-refractivity contribution in [2.45, 2.75) is 70.8 Å². The van der Waals surface area contributed by atoms with Gasteiger partial charge in [-0.25, -0.2) is 4.79 Å². The molecule has 0 radical (unpaired) electrons. The number of rotatable bonds is 7. The molecule has 1 aromatic heterocycles. The molecule has 7 nitrogen and oxygen atoms in total. The Morgan fingerprint density at radius 2 is 2.04 bits per heavy atom. The molecule has 1 spiro atoms. The first-order valence-corrected chi connectivity index (χ1v) is 10.2. The summed E-state index contributed by atoms with van der Waals surface area (Å²) in [6.45, 7) is 9.47. The van der Waals surface area contributed by atoms with Crippen molar-refractivity contribution in [1.29, 1.82) is 0 Å². The Morgan fingerprint density at radius 1 is 1.30 bits per heavy atom. The Morgan fingerprint density at radius 3 is 2.67 bits per heavy atom. The molecule has 1 saturated heterocycles. The van der Waals surface area contributed by atoms with Crippen LogP contribution in [-0.2, 0) is 11.2 Å². The van der Waals surface area contributed by atoms with E-state index in [2.05, 4.69) is 41.6 Å². The van der Waals surface area contributed by atoms with Crippen LogP contribution >= 0.6 is 0 Å². The first-order valence-electron chi connectivity index (χ1n) is 10.2. The molecule has 2 aliphatic rings. The molecule has 2 fully saturated rings. The molecule has 152 valence electrons. The van der Waals surface area contributed by atoms with Crippen molar-refractivity contribution in [3.63, 3.8) is 0 Å². The van der Waals surface area contributed by atoms with Crippen LogP contribution in [0.3, 0.4) is 0 Å². The van der Waals surface area contributed by atoms with Gasteiger partial charge in [0.15, 0.2) is 0 Å². The van der Waals surface area contributed by atoms with Crippen LogP contribution in [0.2, 0.25) is 0 Å². The van der Waals surface area contributed by atoms with E-state index in [1.807, 2.05) is 0 Å². The molecule has 1 aliphatic carbocycles. The molecule has 3 rings (SSSR count). The lowest BCUT2D eigenvalue weighted by Gasteiger charge is -2.37. The maximum Gasteiger partial charge on any atom is 0.404 e. The summed E-state index contributed by atoms with van der Waals surface area (Å²) in [7, 11) is 0. The summed E-state index contributed by atoms with van der Waals surface area (Å²) in [5.41, 5.74) is 4.10. The highest BCUT2D eigenvalue weighted by Crippen LogP contribution is 2.49. The molecule has 1 saturated carbocycles. The van der Waals surface area contributed by atoms with E-state index < -0.39 is 6.09 Å². The number of amides is 1. The number of hydrogen-bond donors (Lipinski definition) is 4. The smallest absolute Gasteiger partial charge is 0.404 e. The van der Waals surface area contributed by atoms with Crippen molar-refractivity contribution < 1.29 is 14.6 Å². The standard InChI is InChI=1S/C20H34N4O3/c1-14-16(6-9-21-10-11-22-18(25)26)17(24-23-14)15-4-7-20(8-5-15)12-19(2,3)13-27-20/h15,21-22H,4-13H2,1-3H3,(H,23,24)(H,25,26)/t15-,20-. The summed E-state index contributed by atoms with van der Waals surface area (Å²) in [6, 6.07) is 0. The SMILES string of the molecule is Cc1[nH]nc([C@H]2CC[C@]3(CC2)CC(C)(C)CO3)c1CCNCCNC(=O)O. The highest BCUT2D eigenvalue weighted by atomic mass is 16.5. The number of H-pyrrole nitrogens is 1. The molecule has 1 amide bonds. The number of carbonyl (C=O) groups is 1. The predicted molar refractivity (Wildman–Crippen MR) is 104 cm³/mol. The summed E-state index contributed by atoms with van der Waals surface area (Å²) in [4.78, 5) is 10.5. The number of aryl methyl sites for hydroxylation is 1. The summed E-state index contributed by atoms with van der Waals surface area (Å²) in [6.07, 6.45) is 5.65. The van der Waals surface area contributed by atoms with Gasteiger partial charge in [0, 0.05) is 24.7 Å². The van der Waals surface area contributed by atoms with Crippen LogP contribution in [0.5, 0.6) is 0 Å². The van der Waals surface area contributed by atoms with Crippen molar-refractivity contribution in [3.8, 4) is 0 Å². The van der Waals surface area contributed by atoms with Crippen LogP contribution < -0.4 is 10.6 Å². The van der Waals surface area contributed by atoms with Crippen LogP contribution in [-0.4, -0.2) is 53.2 Å². The summed E-state index contributed by atoms with van der Waals surface area (Å²) < 4.78 is 6.25. The van der Waals surface area contributed by atoms with Crippen LogP contribution in [0, 0.1) is 12.3 Å². The molecule has 4 N–H and O–H groups in total. The van der Waals surface area contributed by atoms with Crippen LogP contribution in [0.25, 0.3) is 0 Å². The van der Waals surface area contributed by atoms with E-state index >= 15 is 0 Å². The maximum absolute atomic E-state index is 10.5. The lowest BCUT2D eigenvalue weighted by molar-refractivity contribution is -0.0296. The Labute approximate surface area is 161 Å². The molecule has 1 aliphatic heterocycles. The lowest BCUT2D eigenvalue weighted by Crippen LogP contribution is -2.34. The molecule has 0 bridgehead atoms. The molecule has 0 aromatic carbocycles. The van der Waals surface area contributed by atoms with Crippen LogP contribution in [0.1, 0.15) is 68.8 Å². The molecule has 2 heterocycles. The number of nitrogens with one attached hydrogen (secondary N) is 3. The minimum atomic E-state index is -0.977. The number of aromatic amines is 1. The fraction of sp³-hybridized carbons (Fsp3) is 0.800. The van der Waals surface area contributed by atoms with Gasteiger partial charge in [0.2, 0.25) is 0 Å². The third-order valence-electron chi connectivity index (χ3n) is 6.09. The Hall–Kier alpha value is -1.60. The van der Waals surface area contributed by atoms with Crippen molar-refractivity contribution in [1.82, 2.24) is 20.8 Å². The highest BCUT2D eigenvalue weighted by molar-refractivity contribution is 5.64. The van der Waals surface area contributed by atoms with E-state index in [1.165, 1.54) is 17.7 Å². The van der Waals surface area contributed by atoms with Crippen molar-refractivity contribution in [3.05, 3.63) is 17.0 Å². The Kier molecular flexibility index (Phi) is 6.11. The number of aromatic nitrogens is 2. The quantitative estimate of drug-likeness (QED) is 0.547. The molecule has 7 heteroatoms. The van der Waals surface area contributed by atoms with Gasteiger partial charge in [-0.3, -0.25) is 5.10 Å². The molecule has 1 aromatic rings. The minimum Gasteiger partial charge on any atom is -0.465 e. The monoisotopic (exact) mass is 378 g/mol. The summed E-state index contributed by atoms with van der Waals surface area (Å²) in [5.74, 6) is 0.511. The summed E-state index contributed by atoms with van der Waals surface area (Å²) in [5, 5.41) is 22.1. The topological polar surface area (TPSA) is 99.3 Å². The second kappa shape index (κ2) is 8.19. The van der Waals surface area contributed by atoms with Gasteiger partial charge in [-0.1, -0.05) is 13.8 Å². The third kappa shape index (κ3) is 5.02. The first kappa shape index (κ1) is 20.1. The number of carboxylic acid groups (broad SMARTS) is 1. The van der Waals surface area contributed by atoms with E-state index in [-0.39, 0.29) is 5.60 Å². The van der Waals surface area contributed by atoms with Crippen molar-refractivity contribution in [2.75, 3.05) is 26.2 Å². The first-order chi connectivity index (χ1) is 12.8. The van der Waals surface area contributed by atoms with E-state index in [1.54, 1.807) is 0 Å². The van der Waals surface area contributed by atoms with E-state index in [0.29, 0.717) is 24.4 Å². The van der Waals surface area contributed by atoms with E-state index in [4.69, 9.17) is 9.84 Å². The number of nitrogens with zero attached hydrogens (tertiary/aromatic N) is 1. The van der Waals surface area contributed by atoms with Gasteiger partial charge in [-0.2, -0.15) is 5.10 Å². The zero-order valence-corrected chi connectivity index (χ0v) is 16.9. The molecule has 27 heavy (non-hydrogen) atoms. The number of hydrogen-bond acceptors (Lipinski definition) is 4. The van der Waals surface area contributed by atoms with Gasteiger partial charge in [0.25, 0.3) is 0 Å². The lowest BCUT2D eigenvalue weighted by atomic mass is 9.72. The second-order valence-electron chi connectivity index (χ2n) is 9.03. The predicted octanol–water partition coefficient (Wildman–Crippen LogP) is 2.96. The van der Waals surface area contributed by atoms with Crippen molar-refractivity contribution in [2.24, 2.45) is 5.41 Å². The zero-order valence-electron chi connectivity index (χ0n) is 16.9. The normalized spacial score (nSPS) is 27.1. The van der Waals surface area contributed by atoms with Gasteiger partial charge in [-0.15, -0.1) is 0 Å². The largest absolute Gasteiger partial charge is 0.465 e. The average Bonchev–Trinajstić information content (AvgIpc) is 3.11. The fourth-order valence-electron chi connectivity index (χ4n) is 4.78. The fourth-order valence-corrected chi connectivity index (χ4v) is 4.78. The third-order valence-corrected chi connectivity index (χ3v) is 6.09. The van der Waals surface area contributed by atoms with Gasteiger partial charge in [0.05, 0.1) is 17.9 Å².